The van der Waals surface area contributed by atoms with Crippen molar-refractivity contribution in [1.29, 1.82) is 0 Å². The van der Waals surface area contributed by atoms with Gasteiger partial charge in [-0.1, -0.05) is 12.0 Å². The first-order valence-corrected chi connectivity index (χ1v) is 17.2. The van der Waals surface area contributed by atoms with Crippen molar-refractivity contribution >= 4 is 50.3 Å². The molecule has 3 amide bonds. The third-order valence-corrected chi connectivity index (χ3v) is 11.1. The van der Waals surface area contributed by atoms with E-state index in [0.29, 0.717) is 43.1 Å². The van der Waals surface area contributed by atoms with Gasteiger partial charge in [-0.2, -0.15) is 15.1 Å². The maximum atomic E-state index is 17.6. The number of aromatic nitrogens is 4. The molecule has 4 saturated heterocycles. The monoisotopic (exact) mass is 710 g/mol. The summed E-state index contributed by atoms with van der Waals surface area (Å²) in [6.45, 7) is 1.57. The van der Waals surface area contributed by atoms with Crippen LogP contribution >= 0.6 is 0 Å². The number of anilines is 1. The van der Waals surface area contributed by atoms with Crippen LogP contribution < -0.4 is 20.3 Å². The van der Waals surface area contributed by atoms with Crippen LogP contribution in [0.1, 0.15) is 37.7 Å². The zero-order valence-corrected chi connectivity index (χ0v) is 28.1. The highest BCUT2D eigenvalue weighted by Gasteiger charge is 2.51. The summed E-state index contributed by atoms with van der Waals surface area (Å²) in [6, 6.07) is 4.62. The Bertz CT molecular complexity index is 2430. The minimum atomic E-state index is -1.24. The van der Waals surface area contributed by atoms with Crippen LogP contribution in [0.25, 0.3) is 43.7 Å². The number of hydrogen-bond acceptors (Lipinski definition) is 9. The molecule has 9 rings (SSSR count). The number of benzene rings is 3. The molecule has 0 saturated carbocycles. The highest BCUT2D eigenvalue weighted by molar-refractivity contribution is 6.18. The molecule has 15 heteroatoms. The molecule has 12 nitrogen and oxygen atoms in total. The van der Waals surface area contributed by atoms with Crippen LogP contribution in [-0.2, 0) is 11.8 Å². The first kappa shape index (κ1) is 32.3. The molecule has 5 aromatic rings. The molecule has 52 heavy (non-hydrogen) atoms. The number of phenolic OH excluding ortho intramolecular Hbond substituents is 1. The fourth-order valence-electron chi connectivity index (χ4n) is 8.92. The predicted octanol–water partition coefficient (Wildman–Crippen LogP) is 4.44. The number of imide groups is 1. The summed E-state index contributed by atoms with van der Waals surface area (Å²) in [6.07, 6.45) is 9.25. The number of halogens is 3. The smallest absolute Gasteiger partial charge is 0.322 e. The molecule has 4 fully saturated rings. The van der Waals surface area contributed by atoms with E-state index in [4.69, 9.17) is 16.1 Å². The number of aryl methyl sites for hydroxylation is 1. The highest BCUT2D eigenvalue weighted by atomic mass is 19.1. The van der Waals surface area contributed by atoms with Crippen LogP contribution in [0.5, 0.6) is 11.8 Å². The van der Waals surface area contributed by atoms with Gasteiger partial charge in [0.1, 0.15) is 46.7 Å². The Balaban J connectivity index is 1.29. The van der Waals surface area contributed by atoms with Crippen molar-refractivity contribution < 1.29 is 32.6 Å². The fraction of sp³-hybridized carbons (Fsp3) is 0.378. The maximum absolute atomic E-state index is 17.6. The lowest BCUT2D eigenvalue weighted by Gasteiger charge is -2.39. The Hall–Kier alpha value is -5.62. The van der Waals surface area contributed by atoms with Gasteiger partial charge in [-0.3, -0.25) is 19.7 Å². The molecule has 2 aromatic heterocycles. The molecule has 0 unspecified atom stereocenters. The first-order chi connectivity index (χ1) is 25.0. The highest BCUT2D eigenvalue weighted by Crippen LogP contribution is 2.46. The standard InChI is InChI=1S/C37H33F3N8O4/c1-3-22-25(39)7-6-19-12-21(49)13-23(26(19)22)27-29(40)31-28(24-16-46(2)45-30(24)27)32(47-10-5-9-37(17-47)33(50)43-34(51)44-37)42-35(41-31)52-18-36-8-4-11-48(36)15-20(38)14-36/h1,6-7,12-13,16,20,49H,4-5,8-11,14-15,17-18H2,2H3,(H2,43,44,50,51)/t20-,36+,37+/m1/s1. The molecule has 3 aromatic carbocycles. The number of piperidine rings is 1. The summed E-state index contributed by atoms with van der Waals surface area (Å²) < 4.78 is 55.2. The second-order valence-electron chi connectivity index (χ2n) is 14.3. The van der Waals surface area contributed by atoms with Gasteiger partial charge in [0.05, 0.1) is 23.0 Å². The quantitative estimate of drug-likeness (QED) is 0.179. The van der Waals surface area contributed by atoms with Crippen LogP contribution in [-0.4, -0.2) is 91.7 Å². The van der Waals surface area contributed by atoms with Gasteiger partial charge in [0.15, 0.2) is 5.82 Å². The third-order valence-electron chi connectivity index (χ3n) is 11.1. The van der Waals surface area contributed by atoms with Gasteiger partial charge in [0.2, 0.25) is 0 Å². The van der Waals surface area contributed by atoms with Crippen molar-refractivity contribution in [2.45, 2.75) is 49.4 Å². The molecule has 266 valence electrons. The molecular weight excluding hydrogens is 677 g/mol. The molecular formula is C37H33F3N8O4. The average molecular weight is 711 g/mol. The minimum Gasteiger partial charge on any atom is -0.508 e. The SMILES string of the molecule is C#Cc1c(F)ccc2cc(O)cc(-c3c(F)c4nc(OC[C@@]56CCCN5C[C@H](F)C6)nc(N5CCC[C@@]6(C5)NC(=O)NC6=O)c4c4cn(C)nc34)c12. The Morgan fingerprint density at radius 2 is 1.94 bits per heavy atom. The number of fused-ring (bicyclic) bond motifs is 5. The van der Waals surface area contributed by atoms with Crippen molar-refractivity contribution in [1.82, 2.24) is 35.3 Å². The number of aromatic hydroxyl groups is 1. The van der Waals surface area contributed by atoms with Gasteiger partial charge >= 0.3 is 12.0 Å². The van der Waals surface area contributed by atoms with Crippen molar-refractivity contribution in [2.75, 3.05) is 37.7 Å². The third kappa shape index (κ3) is 4.77. The number of hydrogen-bond donors (Lipinski definition) is 3. The van der Waals surface area contributed by atoms with Crippen LogP contribution in [0, 0.1) is 24.0 Å². The summed E-state index contributed by atoms with van der Waals surface area (Å²) in [5, 5.41) is 21.9. The lowest BCUT2D eigenvalue weighted by Crippen LogP contribution is -2.58. The van der Waals surface area contributed by atoms with Crippen LogP contribution in [0.2, 0.25) is 0 Å². The second kappa shape index (κ2) is 11.4. The largest absolute Gasteiger partial charge is 0.508 e. The fourth-order valence-corrected chi connectivity index (χ4v) is 8.92. The van der Waals surface area contributed by atoms with Crippen LogP contribution in [0.15, 0.2) is 30.5 Å². The summed E-state index contributed by atoms with van der Waals surface area (Å²) >= 11 is 0. The number of amides is 3. The van der Waals surface area contributed by atoms with E-state index in [-0.39, 0.29) is 69.2 Å². The number of ether oxygens (including phenoxy) is 1. The number of alkyl halides is 1. The Labute approximate surface area is 294 Å². The van der Waals surface area contributed by atoms with E-state index in [9.17, 15) is 19.1 Å². The Morgan fingerprint density at radius 3 is 2.73 bits per heavy atom. The number of nitrogens with one attached hydrogen (secondary N) is 2. The number of rotatable bonds is 5. The van der Waals surface area contributed by atoms with Gasteiger partial charge in [-0.25, -0.2) is 18.0 Å². The van der Waals surface area contributed by atoms with E-state index in [0.717, 1.165) is 19.4 Å². The lowest BCUT2D eigenvalue weighted by atomic mass is 9.88. The summed E-state index contributed by atoms with van der Waals surface area (Å²) in [4.78, 5) is 38.7. The normalized spacial score (nSPS) is 24.6. The van der Waals surface area contributed by atoms with Crippen LogP contribution in [0.4, 0.5) is 23.8 Å². The molecule has 0 aliphatic carbocycles. The van der Waals surface area contributed by atoms with Crippen molar-refractivity contribution in [2.24, 2.45) is 7.05 Å². The molecule has 3 N–H and O–H groups in total. The van der Waals surface area contributed by atoms with Crippen molar-refractivity contribution in [3.05, 3.63) is 47.7 Å². The van der Waals surface area contributed by atoms with E-state index in [2.05, 4.69) is 31.5 Å². The summed E-state index contributed by atoms with van der Waals surface area (Å²) in [5.74, 6) is 0.430. The van der Waals surface area contributed by atoms with E-state index >= 15 is 8.78 Å². The van der Waals surface area contributed by atoms with Gasteiger partial charge in [-0.15, -0.1) is 6.42 Å². The predicted molar refractivity (Wildman–Crippen MR) is 186 cm³/mol. The van der Waals surface area contributed by atoms with Gasteiger partial charge in [0.25, 0.3) is 5.91 Å². The zero-order chi connectivity index (χ0) is 36.1. The number of carbonyl (C=O) groups excluding carboxylic acids is 2. The molecule has 1 spiro atoms. The van der Waals surface area contributed by atoms with Crippen LogP contribution in [0.3, 0.4) is 0 Å². The van der Waals surface area contributed by atoms with Crippen molar-refractivity contribution in [3.8, 4) is 35.2 Å². The molecule has 3 atom stereocenters. The summed E-state index contributed by atoms with van der Waals surface area (Å²) in [5.41, 5.74) is -1.84. The molecule has 0 bridgehead atoms. The van der Waals surface area contributed by atoms with E-state index in [1.807, 2.05) is 0 Å². The Kier molecular flexibility index (Phi) is 7.11. The Morgan fingerprint density at radius 1 is 1.12 bits per heavy atom. The lowest BCUT2D eigenvalue weighted by molar-refractivity contribution is -0.124. The van der Waals surface area contributed by atoms with E-state index < -0.39 is 40.8 Å². The molecule has 4 aliphatic rings. The minimum absolute atomic E-state index is 0.0322. The topological polar surface area (TPSA) is 138 Å². The number of urea groups is 1. The number of phenols is 1. The maximum Gasteiger partial charge on any atom is 0.322 e. The molecule has 4 aliphatic heterocycles. The zero-order valence-electron chi connectivity index (χ0n) is 28.1. The van der Waals surface area contributed by atoms with E-state index in [1.54, 1.807) is 18.1 Å². The number of carbonyl (C=O) groups is 2. The van der Waals surface area contributed by atoms with Gasteiger partial charge in [-0.05, 0) is 61.4 Å². The van der Waals surface area contributed by atoms with E-state index in [1.165, 1.54) is 28.9 Å². The van der Waals surface area contributed by atoms with Crippen molar-refractivity contribution in [3.63, 3.8) is 0 Å². The number of terminal acetylenes is 1. The molecule has 6 heterocycles. The molecule has 0 radical (unpaired) electrons. The van der Waals surface area contributed by atoms with Gasteiger partial charge in [0, 0.05) is 49.1 Å². The first-order valence-electron chi connectivity index (χ1n) is 17.2. The number of nitrogens with zero attached hydrogens (tertiary/aromatic N) is 6. The average Bonchev–Trinajstić information content (AvgIpc) is 3.83. The summed E-state index contributed by atoms with van der Waals surface area (Å²) in [7, 11) is 1.67. The second-order valence-corrected chi connectivity index (χ2v) is 14.3. The van der Waals surface area contributed by atoms with Gasteiger partial charge < -0.3 is 20.1 Å².